The van der Waals surface area contributed by atoms with Crippen LogP contribution in [0.2, 0.25) is 10.0 Å². The quantitative estimate of drug-likeness (QED) is 0.824. The summed E-state index contributed by atoms with van der Waals surface area (Å²) in [6, 6.07) is 2.09. The molecular formula is C7H6Cl2FNO2S. The number of halogens is 3. The van der Waals surface area contributed by atoms with Gasteiger partial charge in [-0.15, -0.1) is 0 Å². The van der Waals surface area contributed by atoms with Crippen LogP contribution in [0.1, 0.15) is 5.56 Å². The van der Waals surface area contributed by atoms with Crippen molar-refractivity contribution in [2.75, 3.05) is 0 Å². The number of sulfonamides is 1. The van der Waals surface area contributed by atoms with Crippen LogP contribution >= 0.6 is 23.2 Å². The molecule has 0 aliphatic carbocycles. The molecule has 1 rings (SSSR count). The van der Waals surface area contributed by atoms with Crippen molar-refractivity contribution in [1.82, 2.24) is 0 Å². The second-order valence-corrected chi connectivity index (χ2v) is 5.09. The molecule has 0 saturated heterocycles. The standard InChI is InChI=1S/C7H6Cl2FNO2S/c8-5-2-6(9)7(10)1-4(5)3-14(11,12)13/h1-2H,3H2,(H2,11,12,13). The van der Waals surface area contributed by atoms with Gasteiger partial charge in [0.05, 0.1) is 10.8 Å². The molecule has 0 atom stereocenters. The summed E-state index contributed by atoms with van der Waals surface area (Å²) in [5.74, 6) is -1.24. The van der Waals surface area contributed by atoms with Gasteiger partial charge in [0.25, 0.3) is 0 Å². The van der Waals surface area contributed by atoms with E-state index in [2.05, 4.69) is 0 Å². The van der Waals surface area contributed by atoms with E-state index in [0.29, 0.717) is 0 Å². The molecule has 0 aliphatic heterocycles. The molecular weight excluding hydrogens is 252 g/mol. The fraction of sp³-hybridized carbons (Fsp3) is 0.143. The monoisotopic (exact) mass is 257 g/mol. The Morgan fingerprint density at radius 1 is 1.29 bits per heavy atom. The third kappa shape index (κ3) is 3.09. The van der Waals surface area contributed by atoms with E-state index in [1.165, 1.54) is 0 Å². The normalized spacial score (nSPS) is 11.7. The molecule has 0 bridgehead atoms. The third-order valence-electron chi connectivity index (χ3n) is 1.45. The Balaban J connectivity index is 3.17. The summed E-state index contributed by atoms with van der Waals surface area (Å²) in [6.45, 7) is 0. The van der Waals surface area contributed by atoms with Crippen LogP contribution in [0.15, 0.2) is 12.1 Å². The van der Waals surface area contributed by atoms with Crippen LogP contribution in [0, 0.1) is 5.82 Å². The second kappa shape index (κ2) is 4.02. The predicted molar refractivity (Wildman–Crippen MR) is 53.2 cm³/mol. The Morgan fingerprint density at radius 3 is 2.36 bits per heavy atom. The Labute approximate surface area is 90.7 Å². The highest BCUT2D eigenvalue weighted by atomic mass is 35.5. The highest BCUT2D eigenvalue weighted by Crippen LogP contribution is 2.25. The largest absolute Gasteiger partial charge is 0.228 e. The summed E-state index contributed by atoms with van der Waals surface area (Å²) in [7, 11) is -3.72. The van der Waals surface area contributed by atoms with Crippen LogP contribution in [0.25, 0.3) is 0 Å². The molecule has 0 amide bonds. The second-order valence-electron chi connectivity index (χ2n) is 2.66. The molecule has 0 unspecified atom stereocenters. The lowest BCUT2D eigenvalue weighted by atomic mass is 10.2. The molecule has 1 aromatic rings. The van der Waals surface area contributed by atoms with Gasteiger partial charge in [-0.25, -0.2) is 17.9 Å². The van der Waals surface area contributed by atoms with Gasteiger partial charge in [0, 0.05) is 5.02 Å². The van der Waals surface area contributed by atoms with Crippen molar-refractivity contribution in [3.05, 3.63) is 33.6 Å². The van der Waals surface area contributed by atoms with Crippen LogP contribution in [0.4, 0.5) is 4.39 Å². The van der Waals surface area contributed by atoms with Crippen molar-refractivity contribution in [2.45, 2.75) is 5.75 Å². The van der Waals surface area contributed by atoms with E-state index in [1.807, 2.05) is 0 Å². The van der Waals surface area contributed by atoms with Crippen molar-refractivity contribution >= 4 is 33.2 Å². The molecule has 0 saturated carbocycles. The fourth-order valence-electron chi connectivity index (χ4n) is 0.891. The maximum absolute atomic E-state index is 12.9. The Kier molecular flexibility index (Phi) is 3.36. The van der Waals surface area contributed by atoms with Crippen LogP contribution in [0.3, 0.4) is 0 Å². The number of primary sulfonamides is 1. The van der Waals surface area contributed by atoms with Gasteiger partial charge in [-0.1, -0.05) is 23.2 Å². The van der Waals surface area contributed by atoms with E-state index in [4.69, 9.17) is 28.3 Å². The van der Waals surface area contributed by atoms with Crippen molar-refractivity contribution < 1.29 is 12.8 Å². The van der Waals surface area contributed by atoms with Crippen molar-refractivity contribution in [3.63, 3.8) is 0 Å². The van der Waals surface area contributed by atoms with E-state index in [-0.39, 0.29) is 15.6 Å². The minimum atomic E-state index is -3.72. The highest BCUT2D eigenvalue weighted by Gasteiger charge is 2.12. The average molecular weight is 258 g/mol. The van der Waals surface area contributed by atoms with E-state index in [9.17, 15) is 12.8 Å². The lowest BCUT2D eigenvalue weighted by molar-refractivity contribution is 0.596. The summed E-state index contributed by atoms with van der Waals surface area (Å²) < 4.78 is 34.3. The summed E-state index contributed by atoms with van der Waals surface area (Å²) >= 11 is 11.1. The molecule has 0 spiro atoms. The number of hydrogen-bond acceptors (Lipinski definition) is 2. The first kappa shape index (κ1) is 11.7. The van der Waals surface area contributed by atoms with Gasteiger partial charge in [0.15, 0.2) is 0 Å². The molecule has 0 heterocycles. The smallest absolute Gasteiger partial charge is 0.213 e. The van der Waals surface area contributed by atoms with E-state index in [1.54, 1.807) is 0 Å². The SMILES string of the molecule is NS(=O)(=O)Cc1cc(F)c(Cl)cc1Cl. The van der Waals surface area contributed by atoms with Gasteiger partial charge >= 0.3 is 0 Å². The molecule has 0 aliphatic rings. The summed E-state index contributed by atoms with van der Waals surface area (Å²) in [5.41, 5.74) is 0.0936. The Hall–Kier alpha value is -0.360. The first-order valence-electron chi connectivity index (χ1n) is 3.43. The molecule has 1 aromatic carbocycles. The number of nitrogens with two attached hydrogens (primary N) is 1. The Morgan fingerprint density at radius 2 is 1.86 bits per heavy atom. The molecule has 78 valence electrons. The van der Waals surface area contributed by atoms with Gasteiger partial charge in [-0.2, -0.15) is 0 Å². The summed E-state index contributed by atoms with van der Waals surface area (Å²) in [5, 5.41) is 4.70. The number of hydrogen-bond donors (Lipinski definition) is 1. The highest BCUT2D eigenvalue weighted by molar-refractivity contribution is 7.88. The van der Waals surface area contributed by atoms with Gasteiger partial charge in [-0.05, 0) is 17.7 Å². The lowest BCUT2D eigenvalue weighted by Crippen LogP contribution is -2.14. The molecule has 14 heavy (non-hydrogen) atoms. The van der Waals surface area contributed by atoms with Gasteiger partial charge < -0.3 is 0 Å². The third-order valence-corrected chi connectivity index (χ3v) is 2.80. The topological polar surface area (TPSA) is 60.2 Å². The zero-order valence-electron chi connectivity index (χ0n) is 6.80. The minimum absolute atomic E-state index is 0.0745. The van der Waals surface area contributed by atoms with Gasteiger partial charge in [-0.3, -0.25) is 0 Å². The molecule has 3 nitrogen and oxygen atoms in total. The maximum Gasteiger partial charge on any atom is 0.213 e. The van der Waals surface area contributed by atoms with E-state index < -0.39 is 21.6 Å². The maximum atomic E-state index is 12.9. The number of benzene rings is 1. The van der Waals surface area contributed by atoms with E-state index in [0.717, 1.165) is 12.1 Å². The molecule has 0 radical (unpaired) electrons. The summed E-state index contributed by atoms with van der Waals surface area (Å²) in [6.07, 6.45) is 0. The van der Waals surface area contributed by atoms with Crippen LogP contribution in [-0.4, -0.2) is 8.42 Å². The Bertz CT molecular complexity index is 461. The predicted octanol–water partition coefficient (Wildman–Crippen LogP) is 1.92. The zero-order valence-corrected chi connectivity index (χ0v) is 9.13. The fourth-order valence-corrected chi connectivity index (χ4v) is 2.09. The van der Waals surface area contributed by atoms with Crippen LogP contribution < -0.4 is 5.14 Å². The van der Waals surface area contributed by atoms with Crippen molar-refractivity contribution in [3.8, 4) is 0 Å². The summed E-state index contributed by atoms with van der Waals surface area (Å²) in [4.78, 5) is 0. The van der Waals surface area contributed by atoms with E-state index >= 15 is 0 Å². The van der Waals surface area contributed by atoms with Crippen molar-refractivity contribution in [1.29, 1.82) is 0 Å². The zero-order chi connectivity index (χ0) is 10.9. The van der Waals surface area contributed by atoms with Gasteiger partial charge in [0.2, 0.25) is 10.0 Å². The number of rotatable bonds is 2. The van der Waals surface area contributed by atoms with Crippen LogP contribution in [0.5, 0.6) is 0 Å². The van der Waals surface area contributed by atoms with Crippen molar-refractivity contribution in [2.24, 2.45) is 5.14 Å². The molecule has 0 aromatic heterocycles. The first-order chi connectivity index (χ1) is 6.29. The van der Waals surface area contributed by atoms with Crippen LogP contribution in [-0.2, 0) is 15.8 Å². The molecule has 0 fully saturated rings. The lowest BCUT2D eigenvalue weighted by Gasteiger charge is -2.03. The first-order valence-corrected chi connectivity index (χ1v) is 5.90. The minimum Gasteiger partial charge on any atom is -0.228 e. The average Bonchev–Trinajstić information content (AvgIpc) is 1.97. The molecule has 2 N–H and O–H groups in total. The molecule has 7 heteroatoms. The van der Waals surface area contributed by atoms with Gasteiger partial charge in [0.1, 0.15) is 5.82 Å².